The second kappa shape index (κ2) is 6.43. The number of aromatic carboxylic acids is 1. The third kappa shape index (κ3) is 4.03. The Morgan fingerprint density at radius 1 is 1.17 bits per heavy atom. The maximum absolute atomic E-state index is 11.8. The van der Waals surface area contributed by atoms with Crippen LogP contribution in [0, 0.1) is 0 Å². The number of carbonyl (C=O) groups is 2. The predicted molar refractivity (Wildman–Crippen MR) is 83.3 cm³/mol. The topological polar surface area (TPSA) is 104 Å². The minimum absolute atomic E-state index is 0.186. The molecule has 1 fully saturated rings. The molecule has 1 aliphatic rings. The highest BCUT2D eigenvalue weighted by atomic mass is 16.4. The largest absolute Gasteiger partial charge is 0.478 e. The summed E-state index contributed by atoms with van der Waals surface area (Å²) in [6, 6.07) is 9.59. The summed E-state index contributed by atoms with van der Waals surface area (Å²) in [5, 5.41) is 22.2. The standard InChI is InChI=1S/C16H16N4O3/c21-15(22)12-3-1-2-10(8-12)9-17-16(23)18-14-7-6-13(19-20-14)11-4-5-11/h1-3,6-8,11H,4-5,9H2,(H,21,22)(H2,17,18,20,23). The number of nitrogens with zero attached hydrogens (tertiary/aromatic N) is 2. The number of carboxylic acid groups (broad SMARTS) is 1. The van der Waals surface area contributed by atoms with Gasteiger partial charge < -0.3 is 10.4 Å². The molecule has 1 aliphatic carbocycles. The van der Waals surface area contributed by atoms with Crippen LogP contribution >= 0.6 is 0 Å². The highest BCUT2D eigenvalue weighted by Crippen LogP contribution is 2.38. The second-order valence-electron chi connectivity index (χ2n) is 5.43. The molecule has 1 heterocycles. The SMILES string of the molecule is O=C(NCc1cccc(C(=O)O)c1)Nc1ccc(C2CC2)nn1. The molecular weight excluding hydrogens is 296 g/mol. The van der Waals surface area contributed by atoms with Crippen LogP contribution in [0.3, 0.4) is 0 Å². The Hall–Kier alpha value is -2.96. The maximum atomic E-state index is 11.8. The van der Waals surface area contributed by atoms with E-state index < -0.39 is 12.0 Å². The second-order valence-corrected chi connectivity index (χ2v) is 5.43. The molecule has 0 unspecified atom stereocenters. The van der Waals surface area contributed by atoms with Crippen molar-refractivity contribution in [3.05, 3.63) is 53.2 Å². The van der Waals surface area contributed by atoms with E-state index in [0.717, 1.165) is 18.5 Å². The average Bonchev–Trinajstić information content (AvgIpc) is 3.39. The molecule has 0 spiro atoms. The van der Waals surface area contributed by atoms with Crippen molar-refractivity contribution in [1.29, 1.82) is 0 Å². The molecule has 1 aromatic heterocycles. The van der Waals surface area contributed by atoms with Crippen LogP contribution in [-0.2, 0) is 6.54 Å². The first-order chi connectivity index (χ1) is 11.1. The molecule has 3 rings (SSSR count). The van der Waals surface area contributed by atoms with Gasteiger partial charge in [-0.15, -0.1) is 5.10 Å². The number of carboxylic acids is 1. The van der Waals surface area contributed by atoms with Crippen LogP contribution in [0.25, 0.3) is 0 Å². The van der Waals surface area contributed by atoms with Crippen molar-refractivity contribution in [3.63, 3.8) is 0 Å². The summed E-state index contributed by atoms with van der Waals surface area (Å²) >= 11 is 0. The molecule has 1 saturated carbocycles. The third-order valence-corrected chi connectivity index (χ3v) is 3.55. The van der Waals surface area contributed by atoms with Gasteiger partial charge in [-0.05, 0) is 42.7 Å². The Kier molecular flexibility index (Phi) is 4.18. The van der Waals surface area contributed by atoms with Gasteiger partial charge in [-0.2, -0.15) is 5.10 Å². The van der Waals surface area contributed by atoms with Gasteiger partial charge >= 0.3 is 12.0 Å². The monoisotopic (exact) mass is 312 g/mol. The summed E-state index contributed by atoms with van der Waals surface area (Å²) in [6.07, 6.45) is 2.30. The summed E-state index contributed by atoms with van der Waals surface area (Å²) in [5.41, 5.74) is 1.85. The quantitative estimate of drug-likeness (QED) is 0.786. The Morgan fingerprint density at radius 2 is 2.00 bits per heavy atom. The average molecular weight is 312 g/mol. The van der Waals surface area contributed by atoms with Crippen LogP contribution in [-0.4, -0.2) is 27.3 Å². The Labute approximate surface area is 132 Å². The van der Waals surface area contributed by atoms with Gasteiger partial charge in [0.15, 0.2) is 5.82 Å². The van der Waals surface area contributed by atoms with E-state index in [2.05, 4.69) is 20.8 Å². The number of benzene rings is 1. The number of amides is 2. The highest BCUT2D eigenvalue weighted by Gasteiger charge is 2.25. The zero-order chi connectivity index (χ0) is 16.2. The lowest BCUT2D eigenvalue weighted by molar-refractivity contribution is 0.0696. The van der Waals surface area contributed by atoms with E-state index in [9.17, 15) is 9.59 Å². The van der Waals surface area contributed by atoms with Gasteiger partial charge in [0, 0.05) is 12.5 Å². The zero-order valence-corrected chi connectivity index (χ0v) is 12.3. The van der Waals surface area contributed by atoms with Gasteiger partial charge in [0.05, 0.1) is 11.3 Å². The number of anilines is 1. The van der Waals surface area contributed by atoms with E-state index >= 15 is 0 Å². The van der Waals surface area contributed by atoms with Crippen molar-refractivity contribution in [2.75, 3.05) is 5.32 Å². The van der Waals surface area contributed by atoms with E-state index in [1.165, 1.54) is 12.1 Å². The van der Waals surface area contributed by atoms with E-state index in [4.69, 9.17) is 5.11 Å². The number of carbonyl (C=O) groups excluding carboxylic acids is 1. The lowest BCUT2D eigenvalue weighted by atomic mass is 10.1. The molecule has 0 saturated heterocycles. The van der Waals surface area contributed by atoms with E-state index in [1.54, 1.807) is 18.2 Å². The number of hydrogen-bond acceptors (Lipinski definition) is 4. The highest BCUT2D eigenvalue weighted by molar-refractivity contribution is 5.89. The van der Waals surface area contributed by atoms with E-state index in [-0.39, 0.29) is 12.1 Å². The van der Waals surface area contributed by atoms with Gasteiger partial charge in [0.2, 0.25) is 0 Å². The number of hydrogen-bond donors (Lipinski definition) is 3. The van der Waals surface area contributed by atoms with Gasteiger partial charge in [0.25, 0.3) is 0 Å². The molecular formula is C16H16N4O3. The maximum Gasteiger partial charge on any atom is 0.335 e. The summed E-state index contributed by atoms with van der Waals surface area (Å²) in [6.45, 7) is 0.223. The van der Waals surface area contributed by atoms with Crippen LogP contribution in [0.5, 0.6) is 0 Å². The van der Waals surface area contributed by atoms with Crippen LogP contribution < -0.4 is 10.6 Å². The minimum atomic E-state index is -0.998. The van der Waals surface area contributed by atoms with Crippen molar-refractivity contribution in [2.45, 2.75) is 25.3 Å². The lowest BCUT2D eigenvalue weighted by Crippen LogP contribution is -2.28. The van der Waals surface area contributed by atoms with Crippen molar-refractivity contribution < 1.29 is 14.7 Å². The molecule has 7 heteroatoms. The van der Waals surface area contributed by atoms with Gasteiger partial charge in [0.1, 0.15) is 0 Å². The van der Waals surface area contributed by atoms with Crippen molar-refractivity contribution >= 4 is 17.8 Å². The predicted octanol–water partition coefficient (Wildman–Crippen LogP) is 2.37. The first-order valence-electron chi connectivity index (χ1n) is 7.32. The van der Waals surface area contributed by atoms with Crippen LogP contribution in [0.2, 0.25) is 0 Å². The smallest absolute Gasteiger partial charge is 0.335 e. The van der Waals surface area contributed by atoms with Gasteiger partial charge in [-0.25, -0.2) is 9.59 Å². The van der Waals surface area contributed by atoms with Crippen molar-refractivity contribution in [3.8, 4) is 0 Å². The molecule has 3 N–H and O–H groups in total. The first-order valence-corrected chi connectivity index (χ1v) is 7.32. The van der Waals surface area contributed by atoms with Crippen molar-refractivity contribution in [1.82, 2.24) is 15.5 Å². The summed E-state index contributed by atoms with van der Waals surface area (Å²) in [7, 11) is 0. The van der Waals surface area contributed by atoms with Crippen LogP contribution in [0.15, 0.2) is 36.4 Å². The molecule has 2 amide bonds. The fourth-order valence-electron chi connectivity index (χ4n) is 2.16. The fourth-order valence-corrected chi connectivity index (χ4v) is 2.16. The Bertz CT molecular complexity index is 726. The molecule has 7 nitrogen and oxygen atoms in total. The molecule has 0 radical (unpaired) electrons. The van der Waals surface area contributed by atoms with Gasteiger partial charge in [-0.1, -0.05) is 12.1 Å². The number of nitrogens with one attached hydrogen (secondary N) is 2. The lowest BCUT2D eigenvalue weighted by Gasteiger charge is -2.07. The number of urea groups is 1. The number of rotatable bonds is 5. The fraction of sp³-hybridized carbons (Fsp3) is 0.250. The first kappa shape index (κ1) is 15.0. The Balaban J connectivity index is 1.52. The molecule has 0 bridgehead atoms. The van der Waals surface area contributed by atoms with Gasteiger partial charge in [-0.3, -0.25) is 5.32 Å². The van der Waals surface area contributed by atoms with Crippen molar-refractivity contribution in [2.24, 2.45) is 0 Å². The molecule has 2 aromatic rings. The number of aromatic nitrogens is 2. The Morgan fingerprint density at radius 3 is 2.65 bits per heavy atom. The van der Waals surface area contributed by atoms with E-state index in [0.29, 0.717) is 17.3 Å². The molecule has 0 atom stereocenters. The molecule has 23 heavy (non-hydrogen) atoms. The third-order valence-electron chi connectivity index (χ3n) is 3.55. The van der Waals surface area contributed by atoms with Crippen LogP contribution in [0.1, 0.15) is 40.4 Å². The molecule has 1 aromatic carbocycles. The molecule has 0 aliphatic heterocycles. The van der Waals surface area contributed by atoms with E-state index in [1.807, 2.05) is 6.07 Å². The minimum Gasteiger partial charge on any atom is -0.478 e. The summed E-state index contributed by atoms with van der Waals surface area (Å²) in [4.78, 5) is 22.7. The zero-order valence-electron chi connectivity index (χ0n) is 12.3. The summed E-state index contributed by atoms with van der Waals surface area (Å²) < 4.78 is 0. The van der Waals surface area contributed by atoms with Crippen LogP contribution in [0.4, 0.5) is 10.6 Å². The normalized spacial score (nSPS) is 13.4. The molecule has 118 valence electrons. The summed E-state index contributed by atoms with van der Waals surface area (Å²) in [5.74, 6) is -0.0968.